The van der Waals surface area contributed by atoms with Crippen molar-refractivity contribution in [2.24, 2.45) is 5.10 Å². The van der Waals surface area contributed by atoms with Crippen LogP contribution < -0.4 is 10.7 Å². The minimum atomic E-state index is -0.954. The molecule has 0 aliphatic carbocycles. The number of carbonyl (C=O) groups excluding carboxylic acids is 2. The van der Waals surface area contributed by atoms with Gasteiger partial charge in [0.15, 0.2) is 0 Å². The van der Waals surface area contributed by atoms with E-state index in [-0.39, 0.29) is 13.0 Å². The van der Waals surface area contributed by atoms with Crippen molar-refractivity contribution < 1.29 is 14.3 Å². The number of carbonyl (C=O) groups is 2. The summed E-state index contributed by atoms with van der Waals surface area (Å²) in [7, 11) is 0. The van der Waals surface area contributed by atoms with Crippen LogP contribution in [0.15, 0.2) is 96.6 Å². The maximum absolute atomic E-state index is 13.1. The molecule has 5 aromatic rings. The van der Waals surface area contributed by atoms with Crippen LogP contribution in [0.4, 0.5) is 4.79 Å². The number of rotatable bonds is 10. The Kier molecular flexibility index (Phi) is 8.98. The number of amides is 2. The number of hydrazone groups is 1. The van der Waals surface area contributed by atoms with E-state index in [9.17, 15) is 9.59 Å². The second-order valence-electron chi connectivity index (χ2n) is 9.24. The van der Waals surface area contributed by atoms with Gasteiger partial charge < -0.3 is 19.6 Å². The van der Waals surface area contributed by atoms with Crippen molar-refractivity contribution in [2.45, 2.75) is 25.6 Å². The molecule has 11 heteroatoms. The van der Waals surface area contributed by atoms with E-state index in [1.165, 1.54) is 6.33 Å². The second-order valence-corrected chi connectivity index (χ2v) is 10.1. The van der Waals surface area contributed by atoms with Crippen molar-refractivity contribution in [3.63, 3.8) is 0 Å². The molecule has 3 N–H and O–H groups in total. The molecule has 3 aromatic carbocycles. The van der Waals surface area contributed by atoms with Crippen LogP contribution in [0.2, 0.25) is 10.0 Å². The van der Waals surface area contributed by atoms with Gasteiger partial charge in [0.2, 0.25) is 0 Å². The summed E-state index contributed by atoms with van der Waals surface area (Å²) in [5.74, 6) is -0.510. The highest BCUT2D eigenvalue weighted by molar-refractivity contribution is 6.35. The molecule has 0 radical (unpaired) electrons. The number of aromatic nitrogens is 3. The van der Waals surface area contributed by atoms with Crippen molar-refractivity contribution >= 4 is 52.3 Å². The van der Waals surface area contributed by atoms with E-state index in [0.29, 0.717) is 22.3 Å². The molecule has 41 heavy (non-hydrogen) atoms. The quantitative estimate of drug-likeness (QED) is 0.143. The average Bonchev–Trinajstić information content (AvgIpc) is 3.62. The molecule has 1 atom stereocenters. The van der Waals surface area contributed by atoms with Gasteiger partial charge in [-0.2, -0.15) is 5.10 Å². The molecule has 2 aromatic heterocycles. The smallest absolute Gasteiger partial charge is 0.408 e. The van der Waals surface area contributed by atoms with Gasteiger partial charge in [0.25, 0.3) is 5.91 Å². The van der Waals surface area contributed by atoms with Crippen LogP contribution in [0, 0.1) is 0 Å². The highest BCUT2D eigenvalue weighted by Crippen LogP contribution is 2.25. The van der Waals surface area contributed by atoms with Gasteiger partial charge in [-0.15, -0.1) is 0 Å². The highest BCUT2D eigenvalue weighted by atomic mass is 35.5. The minimum absolute atomic E-state index is 0.0779. The number of fused-ring (bicyclic) bond motifs is 1. The Bertz CT molecular complexity index is 1670. The van der Waals surface area contributed by atoms with Crippen LogP contribution in [0.3, 0.4) is 0 Å². The number of halogens is 2. The molecular formula is C30H26Cl2N6O3. The number of para-hydroxylation sites is 1. The molecule has 0 aliphatic heterocycles. The van der Waals surface area contributed by atoms with E-state index in [2.05, 4.69) is 30.4 Å². The van der Waals surface area contributed by atoms with Crippen LogP contribution in [-0.2, 0) is 29.1 Å². The molecule has 0 aliphatic rings. The lowest BCUT2D eigenvalue weighted by Crippen LogP contribution is -2.47. The van der Waals surface area contributed by atoms with E-state index in [4.69, 9.17) is 27.9 Å². The van der Waals surface area contributed by atoms with Crippen molar-refractivity contribution in [2.75, 3.05) is 0 Å². The summed E-state index contributed by atoms with van der Waals surface area (Å²) in [6.45, 7) is 0.604. The van der Waals surface area contributed by atoms with Gasteiger partial charge in [-0.25, -0.2) is 15.2 Å². The molecule has 0 bridgehead atoms. The number of benzene rings is 3. The SMILES string of the molecule is O=C(N[C@@H](Cc1cnc[nH]1)C(=O)N/N=C\c1cn(Cc2ccc(Cl)cc2Cl)c2ccccc12)OCc1ccccc1. The molecule has 0 unspecified atom stereocenters. The standard InChI is InChI=1S/C30H26Cl2N6O3/c31-23-11-10-21(26(32)12-23)16-38-17-22(25-8-4-5-9-28(25)38)14-35-37-29(39)27(13-24-15-33-19-34-24)36-30(40)41-18-20-6-2-1-3-7-20/h1-12,14-15,17,19,27H,13,16,18H2,(H,33,34)(H,36,40)(H,37,39)/b35-14-/t27-/m0/s1. The summed E-state index contributed by atoms with van der Waals surface area (Å²) in [6.07, 6.45) is 6.05. The first-order valence-corrected chi connectivity index (χ1v) is 13.5. The Balaban J connectivity index is 1.28. The molecule has 0 saturated carbocycles. The van der Waals surface area contributed by atoms with Crippen LogP contribution in [0.1, 0.15) is 22.4 Å². The highest BCUT2D eigenvalue weighted by Gasteiger charge is 2.22. The van der Waals surface area contributed by atoms with Crippen LogP contribution >= 0.6 is 23.2 Å². The van der Waals surface area contributed by atoms with Crippen molar-refractivity contribution in [3.8, 4) is 0 Å². The first-order chi connectivity index (χ1) is 20.0. The second kappa shape index (κ2) is 13.2. The Morgan fingerprint density at radius 1 is 1.07 bits per heavy atom. The monoisotopic (exact) mass is 588 g/mol. The number of nitrogens with zero attached hydrogens (tertiary/aromatic N) is 3. The Labute approximate surface area is 246 Å². The number of hydrogen-bond acceptors (Lipinski definition) is 5. The van der Waals surface area contributed by atoms with Crippen molar-refractivity contribution in [3.05, 3.63) is 124 Å². The number of ether oxygens (including phenoxy) is 1. The van der Waals surface area contributed by atoms with Crippen LogP contribution in [0.5, 0.6) is 0 Å². The third kappa shape index (κ3) is 7.33. The number of H-pyrrole nitrogens is 1. The predicted molar refractivity (Wildman–Crippen MR) is 159 cm³/mol. The molecule has 0 saturated heterocycles. The summed E-state index contributed by atoms with van der Waals surface area (Å²) in [5.41, 5.74) is 6.74. The van der Waals surface area contributed by atoms with Crippen molar-refractivity contribution in [1.29, 1.82) is 0 Å². The number of aromatic amines is 1. The fourth-order valence-corrected chi connectivity index (χ4v) is 4.79. The van der Waals surface area contributed by atoms with E-state index in [1.54, 1.807) is 24.5 Å². The largest absolute Gasteiger partial charge is 0.445 e. The normalized spacial score (nSPS) is 12.0. The van der Waals surface area contributed by atoms with Gasteiger partial charge in [0, 0.05) is 57.6 Å². The Morgan fingerprint density at radius 2 is 1.88 bits per heavy atom. The maximum atomic E-state index is 13.1. The van der Waals surface area contributed by atoms with E-state index >= 15 is 0 Å². The molecular weight excluding hydrogens is 563 g/mol. The third-order valence-electron chi connectivity index (χ3n) is 6.35. The molecule has 9 nitrogen and oxygen atoms in total. The average molecular weight is 589 g/mol. The van der Waals surface area contributed by atoms with Gasteiger partial charge in [-0.3, -0.25) is 4.79 Å². The number of imidazole rings is 1. The van der Waals surface area contributed by atoms with Gasteiger partial charge in [0.1, 0.15) is 12.6 Å². The maximum Gasteiger partial charge on any atom is 0.408 e. The Morgan fingerprint density at radius 3 is 2.66 bits per heavy atom. The molecule has 5 rings (SSSR count). The number of alkyl carbamates (subject to hydrolysis) is 1. The van der Waals surface area contributed by atoms with E-state index < -0.39 is 18.0 Å². The van der Waals surface area contributed by atoms with Gasteiger partial charge in [-0.05, 0) is 29.3 Å². The van der Waals surface area contributed by atoms with Crippen LogP contribution in [0.25, 0.3) is 10.9 Å². The van der Waals surface area contributed by atoms with E-state index in [0.717, 1.165) is 27.6 Å². The first kappa shape index (κ1) is 27.9. The predicted octanol–water partition coefficient (Wildman–Crippen LogP) is 5.71. The van der Waals surface area contributed by atoms with E-state index in [1.807, 2.05) is 66.9 Å². The lowest BCUT2D eigenvalue weighted by atomic mass is 10.1. The summed E-state index contributed by atoms with van der Waals surface area (Å²) >= 11 is 12.5. The zero-order chi connectivity index (χ0) is 28.6. The fraction of sp³-hybridized carbons (Fsp3) is 0.133. The molecule has 208 valence electrons. The first-order valence-electron chi connectivity index (χ1n) is 12.8. The Hall–Kier alpha value is -4.60. The summed E-state index contributed by atoms with van der Waals surface area (Å²) in [6, 6.07) is 21.6. The third-order valence-corrected chi connectivity index (χ3v) is 6.94. The number of nitrogens with one attached hydrogen (secondary N) is 3. The molecule has 2 amide bonds. The summed E-state index contributed by atoms with van der Waals surface area (Å²) in [5, 5.41) is 8.92. The fourth-order valence-electron chi connectivity index (χ4n) is 4.32. The van der Waals surface area contributed by atoms with Gasteiger partial charge >= 0.3 is 6.09 Å². The van der Waals surface area contributed by atoms with Gasteiger partial charge in [0.05, 0.1) is 12.5 Å². The van der Waals surface area contributed by atoms with Crippen LogP contribution in [-0.4, -0.2) is 38.8 Å². The lowest BCUT2D eigenvalue weighted by Gasteiger charge is -2.16. The lowest BCUT2D eigenvalue weighted by molar-refractivity contribution is -0.123. The molecule has 0 fully saturated rings. The molecule has 2 heterocycles. The summed E-state index contributed by atoms with van der Waals surface area (Å²) < 4.78 is 7.36. The topological polar surface area (TPSA) is 113 Å². The van der Waals surface area contributed by atoms with Gasteiger partial charge in [-0.1, -0.05) is 77.8 Å². The number of hydrogen-bond donors (Lipinski definition) is 3. The zero-order valence-electron chi connectivity index (χ0n) is 21.8. The summed E-state index contributed by atoms with van der Waals surface area (Å²) in [4.78, 5) is 32.5. The zero-order valence-corrected chi connectivity index (χ0v) is 23.3. The molecule has 0 spiro atoms. The van der Waals surface area contributed by atoms with Crippen molar-refractivity contribution in [1.82, 2.24) is 25.3 Å². The minimum Gasteiger partial charge on any atom is -0.445 e.